The summed E-state index contributed by atoms with van der Waals surface area (Å²) >= 11 is 0. The lowest BCUT2D eigenvalue weighted by molar-refractivity contribution is 0.570. The zero-order valence-corrected chi connectivity index (χ0v) is 12.3. The van der Waals surface area contributed by atoms with E-state index in [0.29, 0.717) is 0 Å². The van der Waals surface area contributed by atoms with Crippen LogP contribution in [0.3, 0.4) is 0 Å². The van der Waals surface area contributed by atoms with Gasteiger partial charge in [-0.2, -0.15) is 0 Å². The summed E-state index contributed by atoms with van der Waals surface area (Å²) in [5.41, 5.74) is 2.81. The number of pyridine rings is 1. The van der Waals surface area contributed by atoms with Crippen molar-refractivity contribution in [3.8, 4) is 0 Å². The van der Waals surface area contributed by atoms with E-state index in [1.54, 1.807) is 0 Å². The lowest BCUT2D eigenvalue weighted by atomic mass is 9.85. The van der Waals surface area contributed by atoms with Crippen LogP contribution in [0.1, 0.15) is 67.7 Å². The first-order valence-corrected chi connectivity index (χ1v) is 6.59. The monoisotopic (exact) mass is 273 g/mol. The molecule has 2 aromatic rings. The maximum absolute atomic E-state index is 4.60. The number of rotatable bonds is 0. The number of aromatic nitrogens is 1. The highest BCUT2D eigenvalue weighted by atomic mass is 14.7. The predicted octanol–water partition coefficient (Wildman–Crippen LogP) is 6.10. The molecule has 0 atom stereocenters. The van der Waals surface area contributed by atoms with E-state index < -0.39 is 0 Å². The van der Waals surface area contributed by atoms with Crippen molar-refractivity contribution in [2.75, 3.05) is 0 Å². The Labute approximate surface area is 125 Å². The van der Waals surface area contributed by atoms with Crippen molar-refractivity contribution >= 4 is 10.8 Å². The molecule has 0 aliphatic heterocycles. The van der Waals surface area contributed by atoms with Crippen molar-refractivity contribution in [2.45, 2.75) is 67.2 Å². The fourth-order valence-electron chi connectivity index (χ4n) is 2.02. The average molecular weight is 273 g/mol. The Morgan fingerprint density at radius 2 is 1.35 bits per heavy atom. The van der Waals surface area contributed by atoms with Crippen LogP contribution in [0.5, 0.6) is 0 Å². The van der Waals surface area contributed by atoms with Gasteiger partial charge in [-0.3, -0.25) is 4.98 Å². The summed E-state index contributed by atoms with van der Waals surface area (Å²) in [5.74, 6) is 0. The van der Waals surface area contributed by atoms with E-state index in [4.69, 9.17) is 0 Å². The molecule has 0 unspecified atom stereocenters. The van der Waals surface area contributed by atoms with Crippen molar-refractivity contribution in [1.82, 2.24) is 4.98 Å². The van der Waals surface area contributed by atoms with Crippen LogP contribution in [-0.4, -0.2) is 4.98 Å². The molecule has 0 aliphatic carbocycles. The molecule has 0 radical (unpaired) electrons. The Kier molecular flexibility index (Phi) is 5.54. The summed E-state index contributed by atoms with van der Waals surface area (Å²) in [7, 11) is 0. The highest BCUT2D eigenvalue weighted by Gasteiger charge is 2.17. The zero-order valence-electron chi connectivity index (χ0n) is 12.3. The van der Waals surface area contributed by atoms with Gasteiger partial charge >= 0.3 is 0 Å². The fraction of sp³-hybridized carbons (Fsp3) is 0.526. The molecule has 0 spiro atoms. The van der Waals surface area contributed by atoms with Gasteiger partial charge in [-0.1, -0.05) is 68.5 Å². The number of benzene rings is 1. The second kappa shape index (κ2) is 5.95. The van der Waals surface area contributed by atoms with Gasteiger partial charge in [0.15, 0.2) is 0 Å². The normalized spacial score (nSPS) is 11.7. The molecule has 0 saturated heterocycles. The minimum absolute atomic E-state index is 0. The highest BCUT2D eigenvalue weighted by Crippen LogP contribution is 2.28. The number of hydrogen-bond acceptors (Lipinski definition) is 1. The molecule has 1 aromatic carbocycles. The van der Waals surface area contributed by atoms with Gasteiger partial charge in [-0.05, 0) is 28.5 Å². The van der Waals surface area contributed by atoms with Gasteiger partial charge < -0.3 is 0 Å². The van der Waals surface area contributed by atoms with Gasteiger partial charge in [0.1, 0.15) is 0 Å². The zero-order chi connectivity index (χ0) is 13.6. The molecule has 0 N–H and O–H groups in total. The Balaban J connectivity index is 0.00000180. The van der Waals surface area contributed by atoms with Crippen molar-refractivity contribution in [1.29, 1.82) is 0 Å². The topological polar surface area (TPSA) is 12.9 Å². The molecular weight excluding hydrogens is 242 g/mol. The van der Waals surface area contributed by atoms with E-state index in [1.807, 2.05) is 6.20 Å². The summed E-state index contributed by atoms with van der Waals surface area (Å²) < 4.78 is 0. The first-order valence-electron chi connectivity index (χ1n) is 6.59. The van der Waals surface area contributed by atoms with E-state index in [2.05, 4.69) is 70.8 Å². The third kappa shape index (κ3) is 3.82. The minimum atomic E-state index is 0. The van der Waals surface area contributed by atoms with E-state index in [-0.39, 0.29) is 25.7 Å². The van der Waals surface area contributed by atoms with E-state index in [0.717, 1.165) is 5.69 Å². The summed E-state index contributed by atoms with van der Waals surface area (Å²) in [6, 6.07) is 8.91. The molecule has 1 heterocycles. The van der Waals surface area contributed by atoms with E-state index in [1.165, 1.54) is 16.3 Å². The van der Waals surface area contributed by atoms with Crippen LogP contribution in [-0.2, 0) is 10.8 Å². The largest absolute Gasteiger partial charge is 0.260 e. The number of nitrogens with zero attached hydrogens (tertiary/aromatic N) is 1. The quantitative estimate of drug-likeness (QED) is 0.565. The van der Waals surface area contributed by atoms with Crippen LogP contribution in [0.15, 0.2) is 30.5 Å². The van der Waals surface area contributed by atoms with E-state index in [9.17, 15) is 0 Å². The Hall–Kier alpha value is -1.37. The fourth-order valence-corrected chi connectivity index (χ4v) is 2.02. The Morgan fingerprint density at radius 1 is 0.750 bits per heavy atom. The molecule has 0 aliphatic rings. The molecule has 0 amide bonds. The van der Waals surface area contributed by atoms with Gasteiger partial charge in [-0.15, -0.1) is 0 Å². The number of fused-ring (bicyclic) bond motifs is 1. The molecule has 0 saturated carbocycles. The van der Waals surface area contributed by atoms with Crippen LogP contribution in [0.4, 0.5) is 0 Å². The van der Waals surface area contributed by atoms with Crippen LogP contribution in [0.25, 0.3) is 10.8 Å². The van der Waals surface area contributed by atoms with Gasteiger partial charge in [-0.25, -0.2) is 0 Å². The van der Waals surface area contributed by atoms with Gasteiger partial charge in [0, 0.05) is 22.7 Å². The number of hydrogen-bond donors (Lipinski definition) is 0. The summed E-state index contributed by atoms with van der Waals surface area (Å²) in [5, 5.41) is 2.51. The van der Waals surface area contributed by atoms with Crippen molar-refractivity contribution in [3.63, 3.8) is 0 Å². The molecule has 1 heteroatoms. The van der Waals surface area contributed by atoms with Crippen molar-refractivity contribution in [3.05, 3.63) is 41.7 Å². The standard InChI is InChI=1S/C17H23N.2CH4/c1-16(2,3)14-8-7-12-10-15(17(4,5)6)18-11-13(12)9-14;;/h7-11H,1-6H3;2*1H4. The minimum Gasteiger partial charge on any atom is -0.260 e. The second-order valence-corrected chi connectivity index (χ2v) is 7.13. The van der Waals surface area contributed by atoms with Crippen molar-refractivity contribution in [2.24, 2.45) is 0 Å². The highest BCUT2D eigenvalue weighted by molar-refractivity contribution is 5.83. The molecule has 112 valence electrons. The summed E-state index contributed by atoms with van der Waals surface area (Å²) in [6.45, 7) is 13.3. The van der Waals surface area contributed by atoms with Crippen LogP contribution in [0.2, 0.25) is 0 Å². The predicted molar refractivity (Wildman–Crippen MR) is 92.6 cm³/mol. The maximum Gasteiger partial charge on any atom is 0.0463 e. The second-order valence-electron chi connectivity index (χ2n) is 7.13. The lowest BCUT2D eigenvalue weighted by Gasteiger charge is -2.21. The molecular formula is C19H31N. The SMILES string of the molecule is C.C.CC(C)(C)c1ccc2cc(C(C)(C)C)ncc2c1. The van der Waals surface area contributed by atoms with Crippen molar-refractivity contribution < 1.29 is 0 Å². The lowest BCUT2D eigenvalue weighted by Crippen LogP contribution is -2.13. The average Bonchev–Trinajstić information content (AvgIpc) is 2.25. The van der Waals surface area contributed by atoms with Crippen LogP contribution in [0, 0.1) is 0 Å². The molecule has 0 fully saturated rings. The molecule has 1 nitrogen and oxygen atoms in total. The first-order chi connectivity index (χ1) is 8.18. The molecule has 2 rings (SSSR count). The summed E-state index contributed by atoms with van der Waals surface area (Å²) in [6.07, 6.45) is 2.01. The summed E-state index contributed by atoms with van der Waals surface area (Å²) in [4.78, 5) is 4.60. The third-order valence-corrected chi connectivity index (χ3v) is 3.36. The van der Waals surface area contributed by atoms with Gasteiger partial charge in [0.2, 0.25) is 0 Å². The smallest absolute Gasteiger partial charge is 0.0463 e. The maximum atomic E-state index is 4.60. The van der Waals surface area contributed by atoms with Crippen LogP contribution >= 0.6 is 0 Å². The van der Waals surface area contributed by atoms with Crippen LogP contribution < -0.4 is 0 Å². The van der Waals surface area contributed by atoms with Gasteiger partial charge in [0.25, 0.3) is 0 Å². The van der Waals surface area contributed by atoms with E-state index >= 15 is 0 Å². The molecule has 0 bridgehead atoms. The Bertz CT molecular complexity index is 515. The first kappa shape index (κ1) is 18.6. The molecule has 20 heavy (non-hydrogen) atoms. The Morgan fingerprint density at radius 3 is 1.85 bits per heavy atom. The molecule has 1 aromatic heterocycles. The third-order valence-electron chi connectivity index (χ3n) is 3.36. The van der Waals surface area contributed by atoms with Gasteiger partial charge in [0.05, 0.1) is 0 Å².